The van der Waals surface area contributed by atoms with Crippen molar-refractivity contribution in [3.63, 3.8) is 0 Å². The Bertz CT molecular complexity index is 414. The highest BCUT2D eigenvalue weighted by Gasteiger charge is 2.21. The highest BCUT2D eigenvalue weighted by Crippen LogP contribution is 2.26. The zero-order chi connectivity index (χ0) is 12.3. The predicted octanol–water partition coefficient (Wildman–Crippen LogP) is 2.80. The summed E-state index contributed by atoms with van der Waals surface area (Å²) in [5.74, 6) is 1.20. The molecule has 1 aliphatic heterocycles. The molecule has 1 amide bonds. The van der Waals surface area contributed by atoms with Gasteiger partial charge in [0.2, 0.25) is 5.91 Å². The Labute approximate surface area is 106 Å². The van der Waals surface area contributed by atoms with Crippen LogP contribution in [0.5, 0.6) is 0 Å². The number of hydrogen-bond acceptors (Lipinski definition) is 3. The number of nitrogens with one attached hydrogen (secondary N) is 1. The van der Waals surface area contributed by atoms with Gasteiger partial charge in [0.15, 0.2) is 0 Å². The molecule has 1 fully saturated rings. The van der Waals surface area contributed by atoms with Gasteiger partial charge in [-0.1, -0.05) is 12.5 Å². The molecule has 0 radical (unpaired) electrons. The van der Waals surface area contributed by atoms with Gasteiger partial charge >= 0.3 is 0 Å². The number of amides is 1. The molecule has 1 aliphatic rings. The molecule has 0 aromatic heterocycles. The van der Waals surface area contributed by atoms with E-state index in [2.05, 4.69) is 5.32 Å². The molecule has 1 saturated heterocycles. The van der Waals surface area contributed by atoms with Gasteiger partial charge in [0, 0.05) is 11.4 Å². The molecule has 2 rings (SSSR count). The first kappa shape index (κ1) is 12.3. The van der Waals surface area contributed by atoms with Crippen molar-refractivity contribution >= 4 is 29.0 Å². The van der Waals surface area contributed by atoms with E-state index in [0.29, 0.717) is 0 Å². The van der Waals surface area contributed by atoms with Gasteiger partial charge in [-0.25, -0.2) is 0 Å². The number of thioether (sulfide) groups is 1. The van der Waals surface area contributed by atoms with E-state index in [1.807, 2.05) is 25.1 Å². The number of nitrogens with two attached hydrogens (primary N) is 1. The fourth-order valence-corrected chi connectivity index (χ4v) is 3.09. The van der Waals surface area contributed by atoms with Crippen LogP contribution in [0.3, 0.4) is 0 Å². The second-order valence-corrected chi connectivity index (χ2v) is 5.73. The lowest BCUT2D eigenvalue weighted by Gasteiger charge is -2.20. The molecule has 3 nitrogen and oxygen atoms in total. The third-order valence-corrected chi connectivity index (χ3v) is 4.40. The second kappa shape index (κ2) is 5.45. The molecule has 0 spiro atoms. The van der Waals surface area contributed by atoms with Crippen LogP contribution < -0.4 is 11.1 Å². The predicted molar refractivity (Wildman–Crippen MR) is 74.3 cm³/mol. The number of benzene rings is 1. The first-order valence-electron chi connectivity index (χ1n) is 5.95. The van der Waals surface area contributed by atoms with Crippen molar-refractivity contribution < 1.29 is 4.79 Å². The molecule has 1 atom stereocenters. The van der Waals surface area contributed by atoms with Crippen LogP contribution in [0.25, 0.3) is 0 Å². The zero-order valence-electron chi connectivity index (χ0n) is 10.0. The normalized spacial score (nSPS) is 19.9. The van der Waals surface area contributed by atoms with Crippen LogP contribution in [0.1, 0.15) is 24.8 Å². The van der Waals surface area contributed by atoms with Crippen molar-refractivity contribution in [2.75, 3.05) is 16.8 Å². The first-order valence-corrected chi connectivity index (χ1v) is 7.00. The molecule has 3 N–H and O–H groups in total. The molecule has 4 heteroatoms. The summed E-state index contributed by atoms with van der Waals surface area (Å²) < 4.78 is 0. The Morgan fingerprint density at radius 3 is 2.94 bits per heavy atom. The third kappa shape index (κ3) is 3.16. The summed E-state index contributed by atoms with van der Waals surface area (Å²) in [6.45, 7) is 1.96. The van der Waals surface area contributed by atoms with Crippen LogP contribution in [-0.2, 0) is 4.79 Å². The van der Waals surface area contributed by atoms with Crippen LogP contribution >= 0.6 is 11.8 Å². The molecule has 17 heavy (non-hydrogen) atoms. The maximum absolute atomic E-state index is 12.0. The lowest BCUT2D eigenvalue weighted by Crippen LogP contribution is -2.27. The van der Waals surface area contributed by atoms with Gasteiger partial charge in [-0.05, 0) is 43.2 Å². The summed E-state index contributed by atoms with van der Waals surface area (Å²) in [6, 6.07) is 5.65. The molecule has 1 aromatic rings. The molecule has 1 unspecified atom stereocenters. The number of aryl methyl sites for hydroxylation is 1. The number of anilines is 2. The van der Waals surface area contributed by atoms with Gasteiger partial charge < -0.3 is 11.1 Å². The standard InChI is InChI=1S/C13H18N2OS/c1-9-5-6-10(8-11(9)14)15-13(16)12-4-2-3-7-17-12/h5-6,8,12H,2-4,7,14H2,1H3,(H,15,16). The Balaban J connectivity index is 1.99. The minimum Gasteiger partial charge on any atom is -0.398 e. The number of carbonyl (C=O) groups is 1. The second-order valence-electron chi connectivity index (χ2n) is 4.42. The van der Waals surface area contributed by atoms with E-state index in [-0.39, 0.29) is 11.2 Å². The number of carbonyl (C=O) groups excluding carboxylic acids is 1. The van der Waals surface area contributed by atoms with Gasteiger partial charge in [0.05, 0.1) is 5.25 Å². The lowest BCUT2D eigenvalue weighted by atomic mass is 10.1. The van der Waals surface area contributed by atoms with Crippen LogP contribution in [0.4, 0.5) is 11.4 Å². The van der Waals surface area contributed by atoms with Gasteiger partial charge in [0.25, 0.3) is 0 Å². The number of hydrogen-bond donors (Lipinski definition) is 2. The Morgan fingerprint density at radius 2 is 2.29 bits per heavy atom. The third-order valence-electron chi connectivity index (χ3n) is 3.02. The molecular weight excluding hydrogens is 232 g/mol. The topological polar surface area (TPSA) is 55.1 Å². The van der Waals surface area contributed by atoms with E-state index in [0.717, 1.165) is 35.5 Å². The summed E-state index contributed by atoms with van der Waals surface area (Å²) in [5, 5.41) is 3.04. The van der Waals surface area contributed by atoms with E-state index in [1.165, 1.54) is 6.42 Å². The van der Waals surface area contributed by atoms with Crippen LogP contribution in [0.2, 0.25) is 0 Å². The highest BCUT2D eigenvalue weighted by atomic mass is 32.2. The van der Waals surface area contributed by atoms with Crippen LogP contribution in [0.15, 0.2) is 18.2 Å². The smallest absolute Gasteiger partial charge is 0.237 e. The molecule has 1 aromatic carbocycles. The van der Waals surface area contributed by atoms with Crippen molar-refractivity contribution in [2.45, 2.75) is 31.4 Å². The molecule has 92 valence electrons. The Morgan fingerprint density at radius 1 is 1.47 bits per heavy atom. The van der Waals surface area contributed by atoms with E-state index < -0.39 is 0 Å². The van der Waals surface area contributed by atoms with E-state index in [4.69, 9.17) is 5.73 Å². The van der Waals surface area contributed by atoms with Crippen LogP contribution in [-0.4, -0.2) is 16.9 Å². The fourth-order valence-electron chi connectivity index (χ4n) is 1.89. The SMILES string of the molecule is Cc1ccc(NC(=O)C2CCCCS2)cc1N. The molecular formula is C13H18N2OS. The van der Waals surface area contributed by atoms with Gasteiger partial charge in [-0.3, -0.25) is 4.79 Å². The van der Waals surface area contributed by atoms with Gasteiger partial charge in [-0.15, -0.1) is 11.8 Å². The highest BCUT2D eigenvalue weighted by molar-refractivity contribution is 8.00. The maximum atomic E-state index is 12.0. The van der Waals surface area contributed by atoms with Crippen molar-refractivity contribution in [2.24, 2.45) is 0 Å². The van der Waals surface area contributed by atoms with E-state index >= 15 is 0 Å². The van der Waals surface area contributed by atoms with E-state index in [1.54, 1.807) is 11.8 Å². The number of nitrogen functional groups attached to an aromatic ring is 1. The first-order chi connectivity index (χ1) is 8.16. The Kier molecular flexibility index (Phi) is 3.94. The van der Waals surface area contributed by atoms with Crippen molar-refractivity contribution in [1.29, 1.82) is 0 Å². The zero-order valence-corrected chi connectivity index (χ0v) is 10.8. The maximum Gasteiger partial charge on any atom is 0.237 e. The average molecular weight is 250 g/mol. The summed E-state index contributed by atoms with van der Waals surface area (Å²) >= 11 is 1.75. The molecule has 1 heterocycles. The molecule has 0 aliphatic carbocycles. The van der Waals surface area contributed by atoms with Crippen molar-refractivity contribution in [1.82, 2.24) is 0 Å². The monoisotopic (exact) mass is 250 g/mol. The Hall–Kier alpha value is -1.16. The molecule has 0 bridgehead atoms. The molecule has 0 saturated carbocycles. The summed E-state index contributed by atoms with van der Waals surface area (Å²) in [4.78, 5) is 12.0. The van der Waals surface area contributed by atoms with Crippen molar-refractivity contribution in [3.8, 4) is 0 Å². The minimum atomic E-state index is 0.103. The van der Waals surface area contributed by atoms with Crippen molar-refractivity contribution in [3.05, 3.63) is 23.8 Å². The van der Waals surface area contributed by atoms with Crippen LogP contribution in [0, 0.1) is 6.92 Å². The largest absolute Gasteiger partial charge is 0.398 e. The summed E-state index contributed by atoms with van der Waals surface area (Å²) in [5.41, 5.74) is 8.37. The fraction of sp³-hybridized carbons (Fsp3) is 0.462. The summed E-state index contributed by atoms with van der Waals surface area (Å²) in [6.07, 6.45) is 3.37. The van der Waals surface area contributed by atoms with Gasteiger partial charge in [0.1, 0.15) is 0 Å². The average Bonchev–Trinajstić information content (AvgIpc) is 2.35. The lowest BCUT2D eigenvalue weighted by molar-refractivity contribution is -0.115. The minimum absolute atomic E-state index is 0.103. The summed E-state index contributed by atoms with van der Waals surface area (Å²) in [7, 11) is 0. The van der Waals surface area contributed by atoms with Gasteiger partial charge in [-0.2, -0.15) is 0 Å². The van der Waals surface area contributed by atoms with E-state index in [9.17, 15) is 4.79 Å². The number of rotatable bonds is 2. The quantitative estimate of drug-likeness (QED) is 0.794.